The Balaban J connectivity index is 0.00000169. The first kappa shape index (κ1) is 23.2. The molecule has 0 bridgehead atoms. The molecule has 0 aliphatic carbocycles. The molecule has 1 atom stereocenters. The predicted octanol–water partition coefficient (Wildman–Crippen LogP) is 2.60. The minimum absolute atomic E-state index is 0. The number of halogens is 2. The Morgan fingerprint density at radius 1 is 1.31 bits per heavy atom. The van der Waals surface area contributed by atoms with Gasteiger partial charge in [-0.05, 0) is 51.3 Å². The lowest BCUT2D eigenvalue weighted by molar-refractivity contribution is 0.0635. The fourth-order valence-corrected chi connectivity index (χ4v) is 3.91. The van der Waals surface area contributed by atoms with E-state index in [1.807, 2.05) is 28.9 Å². The fraction of sp³-hybridized carbons (Fsp3) is 0.778. The van der Waals surface area contributed by atoms with Gasteiger partial charge in [0.05, 0.1) is 6.04 Å². The summed E-state index contributed by atoms with van der Waals surface area (Å²) >= 11 is 0. The van der Waals surface area contributed by atoms with Crippen molar-refractivity contribution in [3.63, 3.8) is 0 Å². The van der Waals surface area contributed by atoms with Gasteiger partial charge in [0.1, 0.15) is 5.69 Å². The molecule has 0 radical (unpaired) electrons. The maximum Gasteiger partial charge on any atom is 0.274 e. The first-order valence-electron chi connectivity index (χ1n) is 9.44. The molecular formula is C18H33Cl2N5O. The van der Waals surface area contributed by atoms with Gasteiger partial charge >= 0.3 is 0 Å². The summed E-state index contributed by atoms with van der Waals surface area (Å²) in [6, 6.07) is 2.59. The third-order valence-electron chi connectivity index (χ3n) is 5.44. The van der Waals surface area contributed by atoms with Crippen LogP contribution in [0.4, 0.5) is 0 Å². The average Bonchev–Trinajstić information content (AvgIpc) is 3.12. The van der Waals surface area contributed by atoms with Gasteiger partial charge < -0.3 is 15.1 Å². The highest BCUT2D eigenvalue weighted by Crippen LogP contribution is 2.19. The first-order valence-corrected chi connectivity index (χ1v) is 9.44. The van der Waals surface area contributed by atoms with Crippen LogP contribution in [0.1, 0.15) is 55.6 Å². The van der Waals surface area contributed by atoms with E-state index < -0.39 is 0 Å². The molecule has 1 aromatic rings. The summed E-state index contributed by atoms with van der Waals surface area (Å²) in [6.07, 6.45) is 7.60. The summed E-state index contributed by atoms with van der Waals surface area (Å²) in [5, 5.41) is 7.97. The number of carbonyl (C=O) groups is 1. The lowest BCUT2D eigenvalue weighted by Gasteiger charge is -2.36. The smallest absolute Gasteiger partial charge is 0.274 e. The molecule has 1 N–H and O–H groups in total. The molecule has 0 aromatic carbocycles. The highest BCUT2D eigenvalue weighted by atomic mass is 35.5. The maximum atomic E-state index is 12.8. The van der Waals surface area contributed by atoms with Crippen molar-refractivity contribution in [3.8, 4) is 0 Å². The SMILES string of the molecule is CCCN1CCC(N(C)C(=O)c2ccn(C3CCCNC3)n2)CC1.Cl.Cl. The fourth-order valence-electron chi connectivity index (χ4n) is 3.91. The van der Waals surface area contributed by atoms with Gasteiger partial charge in [-0.25, -0.2) is 0 Å². The van der Waals surface area contributed by atoms with E-state index in [9.17, 15) is 4.79 Å². The summed E-state index contributed by atoms with van der Waals surface area (Å²) in [5.41, 5.74) is 0.582. The van der Waals surface area contributed by atoms with Crippen LogP contribution in [0.3, 0.4) is 0 Å². The van der Waals surface area contributed by atoms with Gasteiger partial charge in [-0.15, -0.1) is 24.8 Å². The molecule has 1 unspecified atom stereocenters. The largest absolute Gasteiger partial charge is 0.337 e. The number of piperidine rings is 2. The molecule has 150 valence electrons. The van der Waals surface area contributed by atoms with E-state index in [-0.39, 0.29) is 30.7 Å². The van der Waals surface area contributed by atoms with Gasteiger partial charge in [-0.2, -0.15) is 5.10 Å². The molecule has 2 fully saturated rings. The zero-order valence-corrected chi connectivity index (χ0v) is 17.5. The average molecular weight is 406 g/mol. The lowest BCUT2D eigenvalue weighted by atomic mass is 10.0. The predicted molar refractivity (Wildman–Crippen MR) is 110 cm³/mol. The van der Waals surface area contributed by atoms with Crippen LogP contribution in [0, 0.1) is 0 Å². The molecule has 0 saturated carbocycles. The Morgan fingerprint density at radius 2 is 2.04 bits per heavy atom. The Labute approximate surface area is 169 Å². The first-order chi connectivity index (χ1) is 11.7. The van der Waals surface area contributed by atoms with Crippen LogP contribution in [-0.4, -0.2) is 71.3 Å². The van der Waals surface area contributed by atoms with Gasteiger partial charge in [0, 0.05) is 38.9 Å². The summed E-state index contributed by atoms with van der Waals surface area (Å²) in [6.45, 7) is 7.62. The van der Waals surface area contributed by atoms with E-state index in [1.165, 1.54) is 19.4 Å². The standard InChI is InChI=1S/C18H31N5O.2ClH/c1-3-10-22-11-6-15(7-12-22)21(2)18(24)17-8-13-23(20-17)16-5-4-9-19-14-16;;/h8,13,15-16,19H,3-7,9-12,14H2,1-2H3;2*1H. The van der Waals surface area contributed by atoms with Crippen LogP contribution in [-0.2, 0) is 0 Å². The van der Waals surface area contributed by atoms with Crippen molar-refractivity contribution in [2.24, 2.45) is 0 Å². The normalized spacial score (nSPS) is 21.5. The van der Waals surface area contributed by atoms with Crippen molar-refractivity contribution in [3.05, 3.63) is 18.0 Å². The van der Waals surface area contributed by atoms with Crippen LogP contribution in [0.25, 0.3) is 0 Å². The van der Waals surface area contributed by atoms with Gasteiger partial charge in [0.2, 0.25) is 0 Å². The second kappa shape index (κ2) is 11.1. The number of likely N-dealkylation sites (tertiary alicyclic amines) is 1. The molecule has 26 heavy (non-hydrogen) atoms. The number of nitrogens with one attached hydrogen (secondary N) is 1. The quantitative estimate of drug-likeness (QED) is 0.817. The highest BCUT2D eigenvalue weighted by Gasteiger charge is 2.27. The number of nitrogens with zero attached hydrogens (tertiary/aromatic N) is 4. The Bertz CT molecular complexity index is 539. The molecule has 3 heterocycles. The second-order valence-corrected chi connectivity index (χ2v) is 7.17. The highest BCUT2D eigenvalue weighted by molar-refractivity contribution is 5.92. The lowest BCUT2D eigenvalue weighted by Crippen LogP contribution is -2.45. The van der Waals surface area contributed by atoms with Gasteiger partial charge in [0.15, 0.2) is 0 Å². The number of hydrogen-bond acceptors (Lipinski definition) is 4. The minimum atomic E-state index is 0. The molecule has 2 aliphatic heterocycles. The van der Waals surface area contributed by atoms with E-state index in [4.69, 9.17) is 0 Å². The van der Waals surface area contributed by atoms with Crippen LogP contribution in [0.2, 0.25) is 0 Å². The molecule has 8 heteroatoms. The topological polar surface area (TPSA) is 53.4 Å². The van der Waals surface area contributed by atoms with E-state index in [0.29, 0.717) is 17.8 Å². The van der Waals surface area contributed by atoms with Crippen molar-refractivity contribution in [2.75, 3.05) is 39.8 Å². The summed E-state index contributed by atoms with van der Waals surface area (Å²) in [5.74, 6) is 0.0615. The molecule has 1 aromatic heterocycles. The molecule has 2 saturated heterocycles. The molecule has 6 nitrogen and oxygen atoms in total. The summed E-state index contributed by atoms with van der Waals surface area (Å²) in [4.78, 5) is 17.2. The molecule has 3 rings (SSSR count). The molecule has 2 aliphatic rings. The van der Waals surface area contributed by atoms with Crippen LogP contribution in [0.15, 0.2) is 12.3 Å². The number of aromatic nitrogens is 2. The maximum absolute atomic E-state index is 12.8. The van der Waals surface area contributed by atoms with Crippen LogP contribution >= 0.6 is 24.8 Å². The second-order valence-electron chi connectivity index (χ2n) is 7.17. The van der Waals surface area contributed by atoms with E-state index in [1.54, 1.807) is 0 Å². The van der Waals surface area contributed by atoms with Crippen molar-refractivity contribution in [2.45, 2.75) is 51.1 Å². The zero-order valence-electron chi connectivity index (χ0n) is 15.9. The van der Waals surface area contributed by atoms with E-state index >= 15 is 0 Å². The van der Waals surface area contributed by atoms with Gasteiger partial charge in [0.25, 0.3) is 5.91 Å². The van der Waals surface area contributed by atoms with E-state index in [2.05, 4.69) is 22.2 Å². The number of amides is 1. The number of carbonyl (C=O) groups excluding carboxylic acids is 1. The Kier molecular flexibility index (Phi) is 9.93. The van der Waals surface area contributed by atoms with Crippen molar-refractivity contribution in [1.82, 2.24) is 24.9 Å². The molecule has 0 spiro atoms. The zero-order chi connectivity index (χ0) is 16.9. The van der Waals surface area contributed by atoms with E-state index in [0.717, 1.165) is 45.4 Å². The molecule has 1 amide bonds. The van der Waals surface area contributed by atoms with Gasteiger partial charge in [-0.1, -0.05) is 6.92 Å². The Morgan fingerprint density at radius 3 is 2.65 bits per heavy atom. The summed E-state index contributed by atoms with van der Waals surface area (Å²) in [7, 11) is 1.93. The summed E-state index contributed by atoms with van der Waals surface area (Å²) < 4.78 is 1.97. The number of rotatable bonds is 5. The third kappa shape index (κ3) is 5.59. The van der Waals surface area contributed by atoms with Crippen LogP contribution < -0.4 is 5.32 Å². The third-order valence-corrected chi connectivity index (χ3v) is 5.44. The minimum Gasteiger partial charge on any atom is -0.337 e. The van der Waals surface area contributed by atoms with Crippen LogP contribution in [0.5, 0.6) is 0 Å². The monoisotopic (exact) mass is 405 g/mol. The Hall–Kier alpha value is -0.820. The number of hydrogen-bond donors (Lipinski definition) is 1. The van der Waals surface area contributed by atoms with Crippen molar-refractivity contribution in [1.29, 1.82) is 0 Å². The van der Waals surface area contributed by atoms with Gasteiger partial charge in [-0.3, -0.25) is 9.48 Å². The van der Waals surface area contributed by atoms with Crippen molar-refractivity contribution >= 4 is 30.7 Å². The molecular weight excluding hydrogens is 373 g/mol. The van der Waals surface area contributed by atoms with Crippen molar-refractivity contribution < 1.29 is 4.79 Å².